The Labute approximate surface area is 174 Å². The molecule has 28 heavy (non-hydrogen) atoms. The minimum Gasteiger partial charge on any atom is -0.325 e. The first-order valence-electron chi connectivity index (χ1n) is 8.23. The van der Waals surface area contributed by atoms with Gasteiger partial charge < -0.3 is 5.32 Å². The molecule has 1 amide bonds. The number of carbonyl (C=O) groups excluding carboxylic acids is 1. The number of hydrogen-bond acceptors (Lipinski definition) is 5. The number of amides is 1. The highest BCUT2D eigenvalue weighted by molar-refractivity contribution is 8.00. The maximum atomic E-state index is 12.3. The highest BCUT2D eigenvalue weighted by atomic mass is 35.5. The zero-order chi connectivity index (χ0) is 19.5. The largest absolute Gasteiger partial charge is 0.325 e. The summed E-state index contributed by atoms with van der Waals surface area (Å²) in [5, 5.41) is 9.51. The third kappa shape index (κ3) is 3.96. The fraction of sp³-hybridized carbons (Fsp3) is 0.0526. The number of para-hydroxylation sites is 1. The van der Waals surface area contributed by atoms with Crippen LogP contribution in [-0.4, -0.2) is 31.4 Å². The van der Waals surface area contributed by atoms with Gasteiger partial charge in [0, 0.05) is 5.69 Å². The molecule has 140 valence electrons. The van der Waals surface area contributed by atoms with Gasteiger partial charge >= 0.3 is 0 Å². The molecule has 2 aromatic carbocycles. The van der Waals surface area contributed by atoms with Crippen LogP contribution in [0.25, 0.3) is 16.7 Å². The van der Waals surface area contributed by atoms with E-state index >= 15 is 0 Å². The van der Waals surface area contributed by atoms with Gasteiger partial charge in [0.2, 0.25) is 5.91 Å². The van der Waals surface area contributed by atoms with Crippen molar-refractivity contribution in [3.63, 3.8) is 0 Å². The van der Waals surface area contributed by atoms with Crippen LogP contribution in [0.4, 0.5) is 5.69 Å². The number of thioether (sulfide) groups is 1. The lowest BCUT2D eigenvalue weighted by Gasteiger charge is -2.07. The molecule has 0 atom stereocenters. The summed E-state index contributed by atoms with van der Waals surface area (Å²) >= 11 is 13.2. The molecule has 2 aromatic heterocycles. The van der Waals surface area contributed by atoms with Gasteiger partial charge in [0.05, 0.1) is 33.1 Å². The standard InChI is InChI=1S/C19H13Cl2N5OS/c20-15-7-6-12(8-16(15)21)25-17(27)10-28-19-14-9-24-26(18(14)22-11-23-19)13-4-2-1-3-5-13/h1-9,11H,10H2,(H,25,27). The fourth-order valence-corrected chi connectivity index (χ4v) is 3.66. The number of fused-ring (bicyclic) bond motifs is 1. The predicted molar refractivity (Wildman–Crippen MR) is 112 cm³/mol. The van der Waals surface area contributed by atoms with E-state index in [-0.39, 0.29) is 11.7 Å². The Morgan fingerprint density at radius 3 is 2.68 bits per heavy atom. The van der Waals surface area contributed by atoms with Crippen LogP contribution in [0.3, 0.4) is 0 Å². The van der Waals surface area contributed by atoms with Crippen LogP contribution in [0.5, 0.6) is 0 Å². The molecule has 2 heterocycles. The lowest BCUT2D eigenvalue weighted by Crippen LogP contribution is -2.14. The molecule has 0 spiro atoms. The first kappa shape index (κ1) is 18.7. The Kier molecular flexibility index (Phi) is 5.47. The normalized spacial score (nSPS) is 10.9. The second-order valence-electron chi connectivity index (χ2n) is 5.77. The monoisotopic (exact) mass is 429 g/mol. The highest BCUT2D eigenvalue weighted by Crippen LogP contribution is 2.27. The van der Waals surface area contributed by atoms with Gasteiger partial charge in [0.1, 0.15) is 11.4 Å². The molecule has 0 fully saturated rings. The van der Waals surface area contributed by atoms with E-state index < -0.39 is 0 Å². The Morgan fingerprint density at radius 1 is 1.07 bits per heavy atom. The second kappa shape index (κ2) is 8.18. The number of hydrogen-bond donors (Lipinski definition) is 1. The van der Waals surface area contributed by atoms with Gasteiger partial charge in [-0.05, 0) is 30.3 Å². The third-order valence-corrected chi connectivity index (χ3v) is 5.62. The maximum Gasteiger partial charge on any atom is 0.234 e. The van der Waals surface area contributed by atoms with Crippen LogP contribution in [0.15, 0.2) is 66.1 Å². The van der Waals surface area contributed by atoms with Crippen molar-refractivity contribution in [2.75, 3.05) is 11.1 Å². The van der Waals surface area contributed by atoms with Crippen molar-refractivity contribution in [3.05, 3.63) is 71.1 Å². The first-order chi connectivity index (χ1) is 13.6. The Morgan fingerprint density at radius 2 is 1.89 bits per heavy atom. The summed E-state index contributed by atoms with van der Waals surface area (Å²) in [6.07, 6.45) is 3.18. The van der Waals surface area contributed by atoms with E-state index in [2.05, 4.69) is 20.4 Å². The van der Waals surface area contributed by atoms with Crippen molar-refractivity contribution in [3.8, 4) is 5.69 Å². The lowest BCUT2D eigenvalue weighted by molar-refractivity contribution is -0.113. The molecule has 0 aliphatic rings. The number of aromatic nitrogens is 4. The van der Waals surface area contributed by atoms with Crippen molar-refractivity contribution in [2.24, 2.45) is 0 Å². The molecule has 0 aliphatic heterocycles. The van der Waals surface area contributed by atoms with Gasteiger partial charge in [-0.3, -0.25) is 4.79 Å². The number of benzene rings is 2. The molecule has 4 aromatic rings. The maximum absolute atomic E-state index is 12.3. The number of carbonyl (C=O) groups is 1. The first-order valence-corrected chi connectivity index (χ1v) is 9.98. The molecule has 9 heteroatoms. The van der Waals surface area contributed by atoms with Crippen molar-refractivity contribution < 1.29 is 4.79 Å². The molecular formula is C19H13Cl2N5OS. The van der Waals surface area contributed by atoms with Gasteiger partial charge in [-0.2, -0.15) is 5.10 Å². The summed E-state index contributed by atoms with van der Waals surface area (Å²) in [5.74, 6) is 0.00804. The minimum absolute atomic E-state index is 0.175. The Hall–Kier alpha value is -2.61. The summed E-state index contributed by atoms with van der Waals surface area (Å²) < 4.78 is 1.75. The van der Waals surface area contributed by atoms with Gasteiger partial charge in [-0.1, -0.05) is 53.2 Å². The number of halogens is 2. The number of rotatable bonds is 5. The Balaban J connectivity index is 1.50. The molecule has 0 aliphatic carbocycles. The zero-order valence-corrected chi connectivity index (χ0v) is 16.7. The molecule has 6 nitrogen and oxygen atoms in total. The van der Waals surface area contributed by atoms with E-state index in [1.54, 1.807) is 29.1 Å². The van der Waals surface area contributed by atoms with Crippen LogP contribution in [-0.2, 0) is 4.79 Å². The Bertz CT molecular complexity index is 1150. The summed E-state index contributed by atoms with van der Waals surface area (Å²) in [6, 6.07) is 14.7. The molecule has 0 saturated carbocycles. The molecule has 0 unspecified atom stereocenters. The van der Waals surface area contributed by atoms with Crippen molar-refractivity contribution in [1.82, 2.24) is 19.7 Å². The van der Waals surface area contributed by atoms with Crippen LogP contribution >= 0.6 is 35.0 Å². The molecule has 0 saturated heterocycles. The van der Waals surface area contributed by atoms with Gasteiger partial charge in [0.15, 0.2) is 5.65 Å². The minimum atomic E-state index is -0.175. The van der Waals surface area contributed by atoms with Crippen LogP contribution in [0.2, 0.25) is 10.0 Å². The smallest absolute Gasteiger partial charge is 0.234 e. The summed E-state index contributed by atoms with van der Waals surface area (Å²) in [5.41, 5.74) is 2.18. The van der Waals surface area contributed by atoms with Crippen molar-refractivity contribution >= 4 is 57.6 Å². The van der Waals surface area contributed by atoms with E-state index in [4.69, 9.17) is 23.2 Å². The van der Waals surface area contributed by atoms with E-state index in [0.29, 0.717) is 26.4 Å². The SMILES string of the molecule is O=C(CSc1ncnc2c1cnn2-c1ccccc1)Nc1ccc(Cl)c(Cl)c1. The third-order valence-electron chi connectivity index (χ3n) is 3.87. The van der Waals surface area contributed by atoms with E-state index in [9.17, 15) is 4.79 Å². The number of nitrogens with zero attached hydrogens (tertiary/aromatic N) is 4. The number of anilines is 1. The van der Waals surface area contributed by atoms with E-state index in [1.807, 2.05) is 30.3 Å². The topological polar surface area (TPSA) is 72.7 Å². The van der Waals surface area contributed by atoms with Crippen LogP contribution in [0.1, 0.15) is 0 Å². The molecule has 0 bridgehead atoms. The van der Waals surface area contributed by atoms with E-state index in [1.165, 1.54) is 18.1 Å². The average Bonchev–Trinajstić information content (AvgIpc) is 3.15. The number of nitrogens with one attached hydrogen (secondary N) is 1. The lowest BCUT2D eigenvalue weighted by atomic mass is 10.3. The zero-order valence-electron chi connectivity index (χ0n) is 14.3. The molecular weight excluding hydrogens is 417 g/mol. The van der Waals surface area contributed by atoms with Gasteiger partial charge in [0.25, 0.3) is 0 Å². The van der Waals surface area contributed by atoms with Crippen LogP contribution in [0, 0.1) is 0 Å². The summed E-state index contributed by atoms with van der Waals surface area (Å²) in [6.45, 7) is 0. The average molecular weight is 430 g/mol. The molecule has 4 rings (SSSR count). The van der Waals surface area contributed by atoms with Crippen LogP contribution < -0.4 is 5.32 Å². The molecule has 0 radical (unpaired) electrons. The molecule has 1 N–H and O–H groups in total. The predicted octanol–water partition coefficient (Wildman–Crippen LogP) is 4.85. The quantitative estimate of drug-likeness (QED) is 0.362. The summed E-state index contributed by atoms with van der Waals surface area (Å²) in [4.78, 5) is 20.9. The van der Waals surface area contributed by atoms with Crippen molar-refractivity contribution in [1.29, 1.82) is 0 Å². The highest BCUT2D eigenvalue weighted by Gasteiger charge is 2.13. The summed E-state index contributed by atoms with van der Waals surface area (Å²) in [7, 11) is 0. The van der Waals surface area contributed by atoms with E-state index in [0.717, 1.165) is 11.1 Å². The van der Waals surface area contributed by atoms with Gasteiger partial charge in [-0.15, -0.1) is 0 Å². The second-order valence-corrected chi connectivity index (χ2v) is 7.55. The van der Waals surface area contributed by atoms with Crippen molar-refractivity contribution in [2.45, 2.75) is 5.03 Å². The fourth-order valence-electron chi connectivity index (χ4n) is 2.60. The van der Waals surface area contributed by atoms with Gasteiger partial charge in [-0.25, -0.2) is 14.6 Å².